The van der Waals surface area contributed by atoms with Gasteiger partial charge < -0.3 is 4.74 Å². The van der Waals surface area contributed by atoms with Crippen molar-refractivity contribution in [2.45, 2.75) is 6.92 Å². The van der Waals surface area contributed by atoms with Crippen LogP contribution in [0.15, 0.2) is 18.6 Å². The van der Waals surface area contributed by atoms with E-state index in [2.05, 4.69) is 14.7 Å². The number of aromatic nitrogens is 2. The van der Waals surface area contributed by atoms with E-state index in [1.165, 1.54) is 6.33 Å². The molecule has 0 unspecified atom stereocenters. The van der Waals surface area contributed by atoms with E-state index in [0.29, 0.717) is 18.2 Å². The van der Waals surface area contributed by atoms with Crippen LogP contribution in [-0.4, -0.2) is 23.0 Å². The molecule has 0 atom stereocenters. The largest absolute Gasteiger partial charge is 0.468 e. The Kier molecular flexibility index (Phi) is 7.17. The zero-order valence-corrected chi connectivity index (χ0v) is 7.36. The average Bonchev–Trinajstić information content (AvgIpc) is 2.08. The van der Waals surface area contributed by atoms with Crippen LogP contribution in [0.1, 0.15) is 6.92 Å². The van der Waals surface area contributed by atoms with Gasteiger partial charge in [-0.2, -0.15) is 0 Å². The molecular weight excluding hydrogens is 180 g/mol. The van der Waals surface area contributed by atoms with E-state index in [-0.39, 0.29) is 0 Å². The molecule has 0 amide bonds. The van der Waals surface area contributed by atoms with Gasteiger partial charge in [-0.15, -0.1) is 0 Å². The van der Waals surface area contributed by atoms with E-state index < -0.39 is 0 Å². The molecule has 4 nitrogen and oxygen atoms in total. The summed E-state index contributed by atoms with van der Waals surface area (Å²) < 4.78 is 4.15. The smallest absolute Gasteiger partial charge is 0.293 e. The summed E-state index contributed by atoms with van der Waals surface area (Å²) >= 11 is 5.39. The zero-order chi connectivity index (χ0) is 9.23. The minimum absolute atomic E-state index is 0.431. The van der Waals surface area contributed by atoms with Crippen molar-refractivity contribution in [1.82, 2.24) is 9.97 Å². The first kappa shape index (κ1) is 10.8. The summed E-state index contributed by atoms with van der Waals surface area (Å²) in [6.45, 7) is 2.66. The predicted molar refractivity (Wildman–Crippen MR) is 44.7 cm³/mol. The van der Waals surface area contributed by atoms with E-state index in [4.69, 9.17) is 11.6 Å². The molecule has 0 fully saturated rings. The van der Waals surface area contributed by atoms with Crippen LogP contribution in [0.4, 0.5) is 0 Å². The number of carbonyl (C=O) groups is 1. The fourth-order valence-electron chi connectivity index (χ4n) is 0.343. The van der Waals surface area contributed by atoms with E-state index in [0.717, 1.165) is 0 Å². The molecule has 0 aliphatic rings. The van der Waals surface area contributed by atoms with Gasteiger partial charge in [-0.25, -0.2) is 9.97 Å². The van der Waals surface area contributed by atoms with Crippen molar-refractivity contribution in [1.29, 1.82) is 0 Å². The van der Waals surface area contributed by atoms with Crippen LogP contribution >= 0.6 is 11.6 Å². The fourth-order valence-corrected chi connectivity index (χ4v) is 0.443. The predicted octanol–water partition coefficient (Wildman–Crippen LogP) is 1.31. The second kappa shape index (κ2) is 7.94. The lowest BCUT2D eigenvalue weighted by atomic mass is 10.7. The number of carbonyl (C=O) groups excluding carboxylic acids is 1. The number of hydrogen-bond donors (Lipinski definition) is 0. The third-order valence-corrected chi connectivity index (χ3v) is 1.00. The molecule has 0 N–H and O–H groups in total. The minimum atomic E-state index is 0.431. The van der Waals surface area contributed by atoms with Crippen LogP contribution in [0.3, 0.4) is 0 Å². The summed E-state index contributed by atoms with van der Waals surface area (Å²) in [4.78, 5) is 16.5. The van der Waals surface area contributed by atoms with Crippen molar-refractivity contribution in [2.24, 2.45) is 0 Å². The molecule has 0 radical (unpaired) electrons. The van der Waals surface area contributed by atoms with Crippen LogP contribution in [0.5, 0.6) is 0 Å². The standard InChI is InChI=1S/C4H3ClN2.C3H6O2/c5-4-1-2-6-3-7-4;1-2-5-3-4/h1-3H;3H,2H2,1H3. The van der Waals surface area contributed by atoms with Gasteiger partial charge in [0.1, 0.15) is 11.5 Å². The normalized spacial score (nSPS) is 7.83. The lowest BCUT2D eigenvalue weighted by Gasteiger charge is -1.79. The van der Waals surface area contributed by atoms with Gasteiger partial charge >= 0.3 is 0 Å². The summed E-state index contributed by atoms with van der Waals surface area (Å²) in [6, 6.07) is 1.63. The molecule has 1 aromatic rings. The maximum absolute atomic E-state index is 9.18. The molecule has 0 spiro atoms. The van der Waals surface area contributed by atoms with Crippen molar-refractivity contribution in [3.63, 3.8) is 0 Å². The Balaban J connectivity index is 0.000000217. The lowest BCUT2D eigenvalue weighted by molar-refractivity contribution is -0.128. The number of halogens is 1. The molecule has 0 aliphatic heterocycles. The average molecular weight is 189 g/mol. The summed E-state index contributed by atoms with van der Waals surface area (Å²) in [5.41, 5.74) is 0. The first-order valence-electron chi connectivity index (χ1n) is 3.28. The van der Waals surface area contributed by atoms with Crippen LogP contribution < -0.4 is 0 Å². The van der Waals surface area contributed by atoms with Crippen molar-refractivity contribution in [2.75, 3.05) is 6.61 Å². The van der Waals surface area contributed by atoms with Crippen molar-refractivity contribution < 1.29 is 9.53 Å². The highest BCUT2D eigenvalue weighted by atomic mass is 35.5. The van der Waals surface area contributed by atoms with E-state index >= 15 is 0 Å². The Labute approximate surface area is 75.5 Å². The highest BCUT2D eigenvalue weighted by Crippen LogP contribution is 1.96. The van der Waals surface area contributed by atoms with Crippen LogP contribution in [0, 0.1) is 0 Å². The number of hydrogen-bond acceptors (Lipinski definition) is 4. The minimum Gasteiger partial charge on any atom is -0.468 e. The van der Waals surface area contributed by atoms with Crippen molar-refractivity contribution in [3.8, 4) is 0 Å². The Morgan fingerprint density at radius 3 is 2.67 bits per heavy atom. The third-order valence-electron chi connectivity index (χ3n) is 0.781. The van der Waals surface area contributed by atoms with Gasteiger partial charge in [0.2, 0.25) is 0 Å². The van der Waals surface area contributed by atoms with E-state index in [1.54, 1.807) is 19.2 Å². The SMILES string of the molecule is CCOC=O.Clc1ccncn1. The highest BCUT2D eigenvalue weighted by Gasteiger charge is 1.77. The molecule has 5 heteroatoms. The van der Waals surface area contributed by atoms with Crippen LogP contribution in [0.25, 0.3) is 0 Å². The molecule has 0 bridgehead atoms. The molecule has 12 heavy (non-hydrogen) atoms. The second-order valence-electron chi connectivity index (χ2n) is 1.58. The molecule has 1 rings (SSSR count). The summed E-state index contributed by atoms with van der Waals surface area (Å²) in [5, 5.41) is 0.481. The fraction of sp³-hybridized carbons (Fsp3) is 0.286. The molecule has 0 aromatic carbocycles. The molecule has 0 saturated heterocycles. The maximum atomic E-state index is 9.18. The van der Waals surface area contributed by atoms with Gasteiger partial charge in [-0.05, 0) is 13.0 Å². The maximum Gasteiger partial charge on any atom is 0.293 e. The quantitative estimate of drug-likeness (QED) is 0.519. The lowest BCUT2D eigenvalue weighted by Crippen LogP contribution is -1.80. The first-order chi connectivity index (χ1) is 5.81. The Hall–Kier alpha value is -1.16. The Bertz CT molecular complexity index is 206. The van der Waals surface area contributed by atoms with Gasteiger partial charge in [0.05, 0.1) is 6.61 Å². The Morgan fingerprint density at radius 2 is 2.50 bits per heavy atom. The van der Waals surface area contributed by atoms with Gasteiger partial charge in [0.15, 0.2) is 0 Å². The van der Waals surface area contributed by atoms with E-state index in [9.17, 15) is 4.79 Å². The number of nitrogens with zero attached hydrogens (tertiary/aromatic N) is 2. The van der Waals surface area contributed by atoms with Crippen LogP contribution in [-0.2, 0) is 9.53 Å². The number of rotatable bonds is 2. The topological polar surface area (TPSA) is 52.1 Å². The van der Waals surface area contributed by atoms with Gasteiger partial charge in [-0.1, -0.05) is 11.6 Å². The van der Waals surface area contributed by atoms with Crippen LogP contribution in [0.2, 0.25) is 5.15 Å². The molecule has 0 saturated carbocycles. The zero-order valence-electron chi connectivity index (χ0n) is 6.61. The monoisotopic (exact) mass is 188 g/mol. The van der Waals surface area contributed by atoms with Crippen molar-refractivity contribution >= 4 is 18.1 Å². The third kappa shape index (κ3) is 6.95. The molecule has 66 valence electrons. The number of ether oxygens (including phenoxy) is 1. The second-order valence-corrected chi connectivity index (χ2v) is 1.97. The van der Waals surface area contributed by atoms with Crippen molar-refractivity contribution in [3.05, 3.63) is 23.7 Å². The molecule has 1 heterocycles. The van der Waals surface area contributed by atoms with E-state index in [1.807, 2.05) is 0 Å². The highest BCUT2D eigenvalue weighted by molar-refractivity contribution is 6.29. The summed E-state index contributed by atoms with van der Waals surface area (Å²) in [5.74, 6) is 0. The first-order valence-corrected chi connectivity index (χ1v) is 3.65. The Morgan fingerprint density at radius 1 is 1.75 bits per heavy atom. The van der Waals surface area contributed by atoms with Gasteiger partial charge in [0, 0.05) is 6.20 Å². The van der Waals surface area contributed by atoms with Gasteiger partial charge in [0.25, 0.3) is 6.47 Å². The molecule has 1 aromatic heterocycles. The summed E-state index contributed by atoms with van der Waals surface area (Å²) in [7, 11) is 0. The molecular formula is C7H9ClN2O2. The molecule has 0 aliphatic carbocycles. The summed E-state index contributed by atoms with van der Waals surface area (Å²) in [6.07, 6.45) is 3.00. The van der Waals surface area contributed by atoms with Gasteiger partial charge in [-0.3, -0.25) is 4.79 Å².